The maximum Gasteiger partial charge on any atom is 0.325 e. The Balaban J connectivity index is 2.21. The number of aliphatic hydroxyl groups is 1. The monoisotopic (exact) mass is 805 g/mol. The predicted molar refractivity (Wildman–Crippen MR) is 226 cm³/mol. The third-order valence-electron chi connectivity index (χ3n) is 9.97. The van der Waals surface area contributed by atoms with Gasteiger partial charge in [-0.2, -0.15) is 0 Å². The summed E-state index contributed by atoms with van der Waals surface area (Å²) in [4.78, 5) is 76.2. The molecule has 0 spiro atoms. The topological polar surface area (TPSA) is 183 Å². The van der Waals surface area contributed by atoms with Crippen molar-refractivity contribution >= 4 is 35.8 Å². The summed E-state index contributed by atoms with van der Waals surface area (Å²) >= 11 is 0. The van der Waals surface area contributed by atoms with Crippen LogP contribution in [0.2, 0.25) is 0 Å². The molecule has 5 unspecified atom stereocenters. The lowest BCUT2D eigenvalue weighted by molar-refractivity contribution is -0.156. The van der Waals surface area contributed by atoms with Gasteiger partial charge in [0.05, 0.1) is 12.1 Å². The van der Waals surface area contributed by atoms with Crippen molar-refractivity contribution in [2.45, 2.75) is 130 Å². The van der Waals surface area contributed by atoms with Gasteiger partial charge in [-0.05, 0) is 83.4 Å². The van der Waals surface area contributed by atoms with Crippen LogP contribution in [0.3, 0.4) is 0 Å². The number of esters is 1. The number of hydrogen-bond acceptors (Lipinski definition) is 10. The Kier molecular flexibility index (Phi) is 22.4. The van der Waals surface area contributed by atoms with Crippen LogP contribution in [0.1, 0.15) is 92.6 Å². The second-order valence-corrected chi connectivity index (χ2v) is 15.8. The molecule has 7 atom stereocenters. The van der Waals surface area contributed by atoms with Gasteiger partial charge in [0.15, 0.2) is 0 Å². The number of Topliss-reactive ketones (excluding diaryl/α,β-unsaturated/α-hetero) is 1. The molecule has 0 bridgehead atoms. The number of aliphatic hydroxyl groups excluding tert-OH is 1. The van der Waals surface area contributed by atoms with Gasteiger partial charge in [0.2, 0.25) is 11.8 Å². The van der Waals surface area contributed by atoms with Gasteiger partial charge in [-0.3, -0.25) is 24.2 Å². The van der Waals surface area contributed by atoms with E-state index in [0.29, 0.717) is 50.5 Å². The largest absolute Gasteiger partial charge is 0.456 e. The molecular formula is C45H67N5O8. The molecule has 1 saturated heterocycles. The van der Waals surface area contributed by atoms with Crippen LogP contribution in [0.4, 0.5) is 0 Å². The molecule has 0 saturated carbocycles. The lowest BCUT2D eigenvalue weighted by Gasteiger charge is -2.36. The highest BCUT2D eigenvalue weighted by molar-refractivity contribution is 5.90. The molecule has 1 aromatic carbocycles. The number of rotatable bonds is 24. The van der Waals surface area contributed by atoms with Crippen molar-refractivity contribution in [1.29, 1.82) is 0 Å². The van der Waals surface area contributed by atoms with E-state index < -0.39 is 42.2 Å². The lowest BCUT2D eigenvalue weighted by Crippen LogP contribution is -2.61. The Labute approximate surface area is 345 Å². The van der Waals surface area contributed by atoms with Crippen LogP contribution in [0.25, 0.3) is 0 Å². The van der Waals surface area contributed by atoms with Crippen molar-refractivity contribution in [2.24, 2.45) is 17.8 Å². The number of nitrogens with zero attached hydrogens (tertiary/aromatic N) is 1. The Morgan fingerprint density at radius 1 is 0.966 bits per heavy atom. The van der Waals surface area contributed by atoms with Gasteiger partial charge in [0, 0.05) is 43.8 Å². The maximum absolute atomic E-state index is 14.0. The zero-order valence-corrected chi connectivity index (χ0v) is 35.6. The molecule has 5 N–H and O–H groups in total. The molecule has 13 heteroatoms. The summed E-state index contributed by atoms with van der Waals surface area (Å²) in [5, 5.41) is 20.8. The van der Waals surface area contributed by atoms with E-state index in [2.05, 4.69) is 21.4 Å². The molecule has 0 aromatic heterocycles. The van der Waals surface area contributed by atoms with Crippen LogP contribution in [0.15, 0.2) is 78.4 Å². The zero-order valence-electron chi connectivity index (χ0n) is 35.6. The average Bonchev–Trinajstić information content (AvgIpc) is 3.18. The summed E-state index contributed by atoms with van der Waals surface area (Å²) < 4.78 is 6.06. The van der Waals surface area contributed by atoms with Gasteiger partial charge < -0.3 is 35.4 Å². The Morgan fingerprint density at radius 3 is 2.24 bits per heavy atom. The first-order valence-electron chi connectivity index (χ1n) is 20.5. The first kappa shape index (κ1) is 49.4. The molecule has 0 aliphatic carbocycles. The fraction of sp³-hybridized carbons (Fsp3) is 0.556. The number of likely N-dealkylation sites (N-methyl/N-ethyl adjacent to an activating group) is 1. The number of amides is 3. The van der Waals surface area contributed by atoms with E-state index in [0.717, 1.165) is 5.56 Å². The van der Waals surface area contributed by atoms with Gasteiger partial charge in [0.1, 0.15) is 30.3 Å². The molecule has 0 radical (unpaired) electrons. The smallest absolute Gasteiger partial charge is 0.325 e. The van der Waals surface area contributed by atoms with Crippen LogP contribution in [-0.2, 0) is 39.9 Å². The minimum absolute atomic E-state index is 0.0104. The van der Waals surface area contributed by atoms with Crippen molar-refractivity contribution < 1.29 is 38.6 Å². The van der Waals surface area contributed by atoms with E-state index in [1.165, 1.54) is 18.0 Å². The molecular weight excluding hydrogens is 739 g/mol. The molecule has 58 heavy (non-hydrogen) atoms. The summed E-state index contributed by atoms with van der Waals surface area (Å²) in [5.41, 5.74) is 4.64. The quantitative estimate of drug-likeness (QED) is 0.0433. The van der Waals surface area contributed by atoms with Crippen molar-refractivity contribution in [3.63, 3.8) is 0 Å². The highest BCUT2D eigenvalue weighted by atomic mass is 16.5. The van der Waals surface area contributed by atoms with Crippen LogP contribution < -0.4 is 21.4 Å². The summed E-state index contributed by atoms with van der Waals surface area (Å²) in [6, 6.07) is 7.21. The molecule has 1 aliphatic heterocycles. The highest BCUT2D eigenvalue weighted by Gasteiger charge is 2.35. The zero-order chi connectivity index (χ0) is 43.2. The third kappa shape index (κ3) is 17.8. The number of aldehydes is 1. The molecule has 1 aromatic rings. The van der Waals surface area contributed by atoms with E-state index in [9.17, 15) is 33.9 Å². The normalized spacial score (nSPS) is 18.2. The Bertz CT molecular complexity index is 1600. The number of hydrogen-bond donors (Lipinski definition) is 5. The van der Waals surface area contributed by atoms with E-state index in [4.69, 9.17) is 4.74 Å². The average molecular weight is 806 g/mol. The van der Waals surface area contributed by atoms with Gasteiger partial charge >= 0.3 is 5.97 Å². The molecule has 1 heterocycles. The van der Waals surface area contributed by atoms with Crippen LogP contribution in [-0.4, -0.2) is 95.8 Å². The second kappa shape index (κ2) is 26.3. The van der Waals surface area contributed by atoms with E-state index >= 15 is 0 Å². The number of carbonyl (C=O) groups excluding carboxylic acids is 6. The van der Waals surface area contributed by atoms with E-state index in [1.54, 1.807) is 19.2 Å². The summed E-state index contributed by atoms with van der Waals surface area (Å²) in [6.45, 7) is 13.0. The van der Waals surface area contributed by atoms with Gasteiger partial charge in [0.25, 0.3) is 5.91 Å². The van der Waals surface area contributed by atoms with Gasteiger partial charge in [-0.25, -0.2) is 5.43 Å². The van der Waals surface area contributed by atoms with Crippen molar-refractivity contribution in [2.75, 3.05) is 13.6 Å². The van der Waals surface area contributed by atoms with Crippen molar-refractivity contribution in [3.05, 3.63) is 84.0 Å². The fourth-order valence-electron chi connectivity index (χ4n) is 6.56. The summed E-state index contributed by atoms with van der Waals surface area (Å²) in [6.07, 6.45) is 13.8. The van der Waals surface area contributed by atoms with Crippen molar-refractivity contribution in [3.8, 4) is 0 Å². The summed E-state index contributed by atoms with van der Waals surface area (Å²) in [7, 11) is 1.71. The molecule has 1 fully saturated rings. The molecule has 2 rings (SSSR count). The van der Waals surface area contributed by atoms with Crippen LogP contribution >= 0.6 is 0 Å². The summed E-state index contributed by atoms with van der Waals surface area (Å²) in [5.74, 6) is -2.31. The number of ketones is 1. The predicted octanol–water partition coefficient (Wildman–Crippen LogP) is 4.47. The minimum atomic E-state index is -0.882. The second-order valence-electron chi connectivity index (χ2n) is 15.8. The van der Waals surface area contributed by atoms with Gasteiger partial charge in [-0.1, -0.05) is 87.6 Å². The number of ether oxygens (including phenoxy) is 1. The lowest BCUT2D eigenvalue weighted by atomic mass is 9.87. The molecule has 3 amide bonds. The molecule has 1 aliphatic rings. The maximum atomic E-state index is 14.0. The first-order chi connectivity index (χ1) is 27.6. The third-order valence-corrected chi connectivity index (χ3v) is 9.97. The molecule has 320 valence electrons. The first-order valence-corrected chi connectivity index (χ1v) is 20.5. The van der Waals surface area contributed by atoms with E-state index in [-0.39, 0.29) is 54.2 Å². The Hall–Kier alpha value is -4.72. The minimum Gasteiger partial charge on any atom is -0.456 e. The molecule has 13 nitrogen and oxygen atoms in total. The Morgan fingerprint density at radius 2 is 1.64 bits per heavy atom. The number of allylic oxidation sites excluding steroid dienone is 5. The van der Waals surface area contributed by atoms with Crippen molar-refractivity contribution in [1.82, 2.24) is 26.4 Å². The number of carbonyl (C=O) groups is 6. The highest BCUT2D eigenvalue weighted by Crippen LogP contribution is 2.21. The number of nitrogens with one attached hydrogen (secondary N) is 4. The van der Waals surface area contributed by atoms with E-state index in [1.807, 2.05) is 96.2 Å². The van der Waals surface area contributed by atoms with Crippen LogP contribution in [0.5, 0.6) is 0 Å². The van der Waals surface area contributed by atoms with Gasteiger partial charge in [-0.15, -0.1) is 0 Å². The standard InChI is InChI=1S/C45H67N5O8/c1-30(2)41(46-8)43(55)48-38(28-35-20-13-11-14-21-35)44(56)50-27-17-22-37(49-50)45(57)58-39(32(5)19-16-24-40(53)47-31(3)4)23-15-10-9-12-18-33(6)42(54)36(29-51)26-25-34(7)52/h9-16,19-21,24,29-31,33,36-39,41-42,46,49,54H,17-18,22-23,25-28H2,1-8H3,(H,47,53)(H,48,55)/b12-9+,15-10+,24-16+,32-19+/t33?,36-,37?,38?,39-,41?,42?/m0/s1. The number of hydrazine groups is 1. The number of benzene rings is 1. The van der Waals surface area contributed by atoms with Crippen LogP contribution in [0, 0.1) is 17.8 Å². The fourth-order valence-corrected chi connectivity index (χ4v) is 6.56. The SMILES string of the molecule is CNC(C(=O)NC(Cc1ccccc1)C(=O)N1CCCC(C(=O)O[C@@H](C/C=C/C=C/CC(C)C(O)[C@H](C=O)CCC(C)=O)/C(C)=C/C=C/C(=O)NC(C)C)N1)C(C)C.